The molecule has 1 aromatic carbocycles. The Morgan fingerprint density at radius 3 is 3.00 bits per heavy atom. The zero-order valence-electron chi connectivity index (χ0n) is 10.3. The lowest BCUT2D eigenvalue weighted by molar-refractivity contribution is 0.618. The summed E-state index contributed by atoms with van der Waals surface area (Å²) in [6.07, 6.45) is 2.99. The average Bonchev–Trinajstić information content (AvgIpc) is 2.69. The number of aromatic nitrogens is 2. The Kier molecular flexibility index (Phi) is 3.94. The first-order valence-corrected chi connectivity index (χ1v) is 6.12. The number of aryl methyl sites for hydroxylation is 1. The van der Waals surface area contributed by atoms with Gasteiger partial charge in [0.15, 0.2) is 0 Å². The maximum atomic E-state index is 4.67. The van der Waals surface area contributed by atoms with Crippen molar-refractivity contribution < 1.29 is 0 Å². The number of benzene rings is 1. The maximum Gasteiger partial charge on any atom is 0.123 e. The first kappa shape index (κ1) is 11.9. The minimum absolute atomic E-state index is 0.792. The smallest absolute Gasteiger partial charge is 0.123 e. The Morgan fingerprint density at radius 2 is 2.24 bits per heavy atom. The monoisotopic (exact) mass is 229 g/mol. The van der Waals surface area contributed by atoms with E-state index in [4.69, 9.17) is 0 Å². The van der Waals surface area contributed by atoms with E-state index in [1.807, 2.05) is 12.1 Å². The fourth-order valence-electron chi connectivity index (χ4n) is 2.02. The van der Waals surface area contributed by atoms with E-state index in [9.17, 15) is 0 Å². The number of hydrogen-bond donors (Lipinski definition) is 1. The van der Waals surface area contributed by atoms with Gasteiger partial charge >= 0.3 is 0 Å². The molecule has 2 rings (SSSR count). The number of para-hydroxylation sites is 2. The largest absolute Gasteiger partial charge is 0.327 e. The van der Waals surface area contributed by atoms with Crippen LogP contribution in [0.3, 0.4) is 0 Å². The molecule has 0 amide bonds. The van der Waals surface area contributed by atoms with Gasteiger partial charge in [0.1, 0.15) is 5.82 Å². The van der Waals surface area contributed by atoms with Crippen LogP contribution in [-0.2, 0) is 13.1 Å². The molecule has 0 radical (unpaired) electrons. The highest BCUT2D eigenvalue weighted by Gasteiger charge is 2.08. The zero-order chi connectivity index (χ0) is 12.1. The lowest BCUT2D eigenvalue weighted by Gasteiger charge is -2.07. The molecule has 0 atom stereocenters. The molecule has 0 aliphatic rings. The van der Waals surface area contributed by atoms with Crippen molar-refractivity contribution in [2.75, 3.05) is 6.54 Å². The van der Waals surface area contributed by atoms with Crippen molar-refractivity contribution in [1.82, 2.24) is 14.9 Å². The van der Waals surface area contributed by atoms with Crippen LogP contribution < -0.4 is 5.32 Å². The van der Waals surface area contributed by atoms with Crippen molar-refractivity contribution in [2.45, 2.75) is 26.4 Å². The summed E-state index contributed by atoms with van der Waals surface area (Å²) in [5.41, 5.74) is 2.31. The number of rotatable bonds is 6. The molecular weight excluding hydrogens is 210 g/mol. The Labute approximate surface area is 102 Å². The SMILES string of the molecule is C=CCNCc1nc2ccccc2n1CCC. The molecule has 0 bridgehead atoms. The average molecular weight is 229 g/mol. The summed E-state index contributed by atoms with van der Waals surface area (Å²) < 4.78 is 2.30. The van der Waals surface area contributed by atoms with Crippen LogP contribution in [0.25, 0.3) is 11.0 Å². The summed E-state index contributed by atoms with van der Waals surface area (Å²) in [5, 5.41) is 3.31. The zero-order valence-corrected chi connectivity index (χ0v) is 10.3. The van der Waals surface area contributed by atoms with E-state index in [2.05, 4.69) is 46.6 Å². The lowest BCUT2D eigenvalue weighted by atomic mass is 10.3. The van der Waals surface area contributed by atoms with Crippen LogP contribution in [0.15, 0.2) is 36.9 Å². The van der Waals surface area contributed by atoms with E-state index in [-0.39, 0.29) is 0 Å². The van der Waals surface area contributed by atoms with Gasteiger partial charge in [0, 0.05) is 13.1 Å². The highest BCUT2D eigenvalue weighted by Crippen LogP contribution is 2.16. The van der Waals surface area contributed by atoms with Gasteiger partial charge in [0.25, 0.3) is 0 Å². The minimum Gasteiger partial charge on any atom is -0.327 e. The van der Waals surface area contributed by atoms with Crippen LogP contribution in [-0.4, -0.2) is 16.1 Å². The Bertz CT molecular complexity index is 499. The topological polar surface area (TPSA) is 29.9 Å². The van der Waals surface area contributed by atoms with Crippen molar-refractivity contribution in [3.8, 4) is 0 Å². The number of hydrogen-bond acceptors (Lipinski definition) is 2. The third kappa shape index (κ3) is 2.56. The quantitative estimate of drug-likeness (QED) is 0.609. The molecule has 2 aromatic rings. The molecule has 1 N–H and O–H groups in total. The van der Waals surface area contributed by atoms with Crippen molar-refractivity contribution in [1.29, 1.82) is 0 Å². The van der Waals surface area contributed by atoms with Gasteiger partial charge < -0.3 is 9.88 Å². The summed E-state index contributed by atoms with van der Waals surface area (Å²) in [4.78, 5) is 4.67. The van der Waals surface area contributed by atoms with Gasteiger partial charge in [0.2, 0.25) is 0 Å². The van der Waals surface area contributed by atoms with Crippen LogP contribution >= 0.6 is 0 Å². The molecule has 17 heavy (non-hydrogen) atoms. The third-order valence-corrected chi connectivity index (χ3v) is 2.75. The number of nitrogens with zero attached hydrogens (tertiary/aromatic N) is 2. The van der Waals surface area contributed by atoms with Gasteiger partial charge in [-0.25, -0.2) is 4.98 Å². The van der Waals surface area contributed by atoms with Crippen molar-refractivity contribution in [3.05, 3.63) is 42.7 Å². The molecule has 0 fully saturated rings. The molecule has 3 heteroatoms. The Hall–Kier alpha value is -1.61. The van der Waals surface area contributed by atoms with E-state index in [0.29, 0.717) is 0 Å². The summed E-state index contributed by atoms with van der Waals surface area (Å²) in [6, 6.07) is 8.30. The molecule has 90 valence electrons. The standard InChI is InChI=1S/C14H19N3/c1-3-9-15-11-14-16-12-7-5-6-8-13(12)17(14)10-4-2/h3,5-8,15H,1,4,9-11H2,2H3. The van der Waals surface area contributed by atoms with Gasteiger partial charge in [-0.2, -0.15) is 0 Å². The molecule has 1 aromatic heterocycles. The molecule has 0 saturated carbocycles. The summed E-state index contributed by atoms with van der Waals surface area (Å²) in [7, 11) is 0. The number of fused-ring (bicyclic) bond motifs is 1. The summed E-state index contributed by atoms with van der Waals surface area (Å²) in [6.45, 7) is 8.52. The second-order valence-corrected chi connectivity index (χ2v) is 4.09. The van der Waals surface area contributed by atoms with Gasteiger partial charge in [0.05, 0.1) is 17.6 Å². The first-order valence-electron chi connectivity index (χ1n) is 6.12. The van der Waals surface area contributed by atoms with E-state index in [1.54, 1.807) is 0 Å². The third-order valence-electron chi connectivity index (χ3n) is 2.75. The molecule has 0 aliphatic heterocycles. The Balaban J connectivity index is 2.31. The van der Waals surface area contributed by atoms with E-state index < -0.39 is 0 Å². The second kappa shape index (κ2) is 5.64. The molecule has 0 unspecified atom stereocenters. The van der Waals surface area contributed by atoms with Crippen LogP contribution in [0.2, 0.25) is 0 Å². The highest BCUT2D eigenvalue weighted by atomic mass is 15.1. The van der Waals surface area contributed by atoms with Gasteiger partial charge in [-0.3, -0.25) is 0 Å². The second-order valence-electron chi connectivity index (χ2n) is 4.09. The van der Waals surface area contributed by atoms with E-state index in [1.165, 1.54) is 5.52 Å². The van der Waals surface area contributed by atoms with Gasteiger partial charge in [-0.1, -0.05) is 25.1 Å². The normalized spacial score (nSPS) is 10.9. The minimum atomic E-state index is 0.792. The van der Waals surface area contributed by atoms with Crippen molar-refractivity contribution in [2.24, 2.45) is 0 Å². The fourth-order valence-corrected chi connectivity index (χ4v) is 2.02. The predicted octanol–water partition coefficient (Wildman–Crippen LogP) is 2.72. The maximum absolute atomic E-state index is 4.67. The summed E-state index contributed by atoms with van der Waals surface area (Å²) >= 11 is 0. The van der Waals surface area contributed by atoms with Crippen LogP contribution in [0, 0.1) is 0 Å². The number of nitrogens with one attached hydrogen (secondary N) is 1. The van der Waals surface area contributed by atoms with Crippen LogP contribution in [0.1, 0.15) is 19.2 Å². The Morgan fingerprint density at radius 1 is 1.41 bits per heavy atom. The van der Waals surface area contributed by atoms with Crippen molar-refractivity contribution in [3.63, 3.8) is 0 Å². The van der Waals surface area contributed by atoms with E-state index >= 15 is 0 Å². The molecule has 1 heterocycles. The summed E-state index contributed by atoms with van der Waals surface area (Å²) in [5.74, 6) is 1.11. The molecule has 0 spiro atoms. The number of imidazole rings is 1. The fraction of sp³-hybridized carbons (Fsp3) is 0.357. The predicted molar refractivity (Wildman–Crippen MR) is 71.9 cm³/mol. The molecule has 3 nitrogen and oxygen atoms in total. The van der Waals surface area contributed by atoms with Gasteiger partial charge in [-0.05, 0) is 18.6 Å². The van der Waals surface area contributed by atoms with Gasteiger partial charge in [-0.15, -0.1) is 6.58 Å². The highest BCUT2D eigenvalue weighted by molar-refractivity contribution is 5.75. The van der Waals surface area contributed by atoms with Crippen LogP contribution in [0.4, 0.5) is 0 Å². The van der Waals surface area contributed by atoms with Crippen LogP contribution in [0.5, 0.6) is 0 Å². The molecule has 0 saturated heterocycles. The van der Waals surface area contributed by atoms with E-state index in [0.717, 1.165) is 37.4 Å². The van der Waals surface area contributed by atoms with Crippen molar-refractivity contribution >= 4 is 11.0 Å². The first-order chi connectivity index (χ1) is 8.36. The molecular formula is C14H19N3. The lowest BCUT2D eigenvalue weighted by Crippen LogP contribution is -2.16. The molecule has 0 aliphatic carbocycles.